The van der Waals surface area contributed by atoms with E-state index in [9.17, 15) is 0 Å². The first-order valence-corrected chi connectivity index (χ1v) is 7.33. The molecule has 1 aromatic carbocycles. The van der Waals surface area contributed by atoms with Crippen molar-refractivity contribution in [3.63, 3.8) is 0 Å². The van der Waals surface area contributed by atoms with Gasteiger partial charge in [0.1, 0.15) is 11.9 Å². The Hall–Kier alpha value is -1.02. The lowest BCUT2D eigenvalue weighted by molar-refractivity contribution is 0.179. The molecule has 0 aliphatic carbocycles. The summed E-state index contributed by atoms with van der Waals surface area (Å²) in [7, 11) is 0. The van der Waals surface area contributed by atoms with Crippen molar-refractivity contribution in [2.24, 2.45) is 0 Å². The summed E-state index contributed by atoms with van der Waals surface area (Å²) in [5.74, 6) is 1.08. The van der Waals surface area contributed by atoms with Gasteiger partial charge in [0.05, 0.1) is 6.04 Å². The summed E-state index contributed by atoms with van der Waals surface area (Å²) in [6, 6.07) is 7.07. The van der Waals surface area contributed by atoms with E-state index in [1.165, 1.54) is 24.0 Å². The topological polar surface area (TPSA) is 21.3 Å². The molecule has 2 heteroatoms. The maximum absolute atomic E-state index is 6.08. The number of rotatable bonds is 6. The number of ether oxygens (including phenoxy) is 1. The number of likely N-dealkylation sites (N-methyl/N-ethyl adjacent to an activating group) is 1. The smallest absolute Gasteiger partial charge is 0.124 e. The summed E-state index contributed by atoms with van der Waals surface area (Å²) in [6.45, 7) is 7.60. The van der Waals surface area contributed by atoms with Crippen LogP contribution >= 0.6 is 0 Å². The van der Waals surface area contributed by atoms with E-state index in [0.717, 1.165) is 25.1 Å². The van der Waals surface area contributed by atoms with Crippen molar-refractivity contribution >= 4 is 0 Å². The molecule has 1 aliphatic rings. The Labute approximate surface area is 111 Å². The highest BCUT2D eigenvalue weighted by Gasteiger charge is 2.32. The second kappa shape index (κ2) is 6.24. The number of nitrogens with one attached hydrogen (secondary N) is 1. The van der Waals surface area contributed by atoms with Crippen LogP contribution in [0.5, 0.6) is 5.75 Å². The Morgan fingerprint density at radius 2 is 2.00 bits per heavy atom. The maximum atomic E-state index is 6.08. The quantitative estimate of drug-likeness (QED) is 0.824. The summed E-state index contributed by atoms with van der Waals surface area (Å²) in [6.07, 6.45) is 4.95. The van der Waals surface area contributed by atoms with E-state index < -0.39 is 0 Å². The zero-order chi connectivity index (χ0) is 13.0. The average molecular weight is 247 g/mol. The fourth-order valence-electron chi connectivity index (χ4n) is 2.80. The molecule has 2 atom stereocenters. The molecule has 1 aromatic rings. The van der Waals surface area contributed by atoms with Crippen LogP contribution in [-0.4, -0.2) is 12.6 Å². The summed E-state index contributed by atoms with van der Waals surface area (Å²) >= 11 is 0. The first-order chi connectivity index (χ1) is 8.80. The van der Waals surface area contributed by atoms with E-state index in [0.29, 0.717) is 12.1 Å². The fraction of sp³-hybridized carbons (Fsp3) is 0.625. The van der Waals surface area contributed by atoms with Crippen LogP contribution in [0.1, 0.15) is 57.2 Å². The van der Waals surface area contributed by atoms with E-state index in [1.54, 1.807) is 0 Å². The van der Waals surface area contributed by atoms with E-state index in [2.05, 4.69) is 44.3 Å². The third-order valence-corrected chi connectivity index (χ3v) is 3.60. The van der Waals surface area contributed by atoms with Crippen LogP contribution < -0.4 is 10.1 Å². The van der Waals surface area contributed by atoms with Gasteiger partial charge in [0.15, 0.2) is 0 Å². The molecule has 1 aliphatic heterocycles. The number of aryl methyl sites for hydroxylation is 1. The van der Waals surface area contributed by atoms with Gasteiger partial charge < -0.3 is 10.1 Å². The van der Waals surface area contributed by atoms with Crippen molar-refractivity contribution in [1.29, 1.82) is 0 Å². The molecule has 0 bridgehead atoms. The molecule has 0 amide bonds. The Bertz CT molecular complexity index is 389. The molecular weight excluding hydrogens is 222 g/mol. The van der Waals surface area contributed by atoms with Crippen molar-refractivity contribution in [3.8, 4) is 5.75 Å². The largest absolute Gasteiger partial charge is 0.488 e. The highest BCUT2D eigenvalue weighted by Crippen LogP contribution is 2.39. The van der Waals surface area contributed by atoms with Crippen LogP contribution in [-0.2, 0) is 6.42 Å². The fourth-order valence-corrected chi connectivity index (χ4v) is 2.80. The van der Waals surface area contributed by atoms with Crippen LogP contribution in [0.15, 0.2) is 18.2 Å². The zero-order valence-electron chi connectivity index (χ0n) is 11.8. The minimum Gasteiger partial charge on any atom is -0.488 e. The normalized spacial score (nSPS) is 21.7. The second-order valence-corrected chi connectivity index (χ2v) is 5.10. The van der Waals surface area contributed by atoms with Crippen molar-refractivity contribution < 1.29 is 4.74 Å². The lowest BCUT2D eigenvalue weighted by Crippen LogP contribution is -2.30. The van der Waals surface area contributed by atoms with Gasteiger partial charge in [-0.05, 0) is 31.0 Å². The van der Waals surface area contributed by atoms with Crippen LogP contribution in [0.3, 0.4) is 0 Å². The molecule has 2 unspecified atom stereocenters. The second-order valence-electron chi connectivity index (χ2n) is 5.10. The number of fused-ring (bicyclic) bond motifs is 1. The maximum Gasteiger partial charge on any atom is 0.124 e. The van der Waals surface area contributed by atoms with Crippen LogP contribution in [0.4, 0.5) is 0 Å². The van der Waals surface area contributed by atoms with Crippen molar-refractivity contribution in [1.82, 2.24) is 5.32 Å². The zero-order valence-corrected chi connectivity index (χ0v) is 11.8. The van der Waals surface area contributed by atoms with Gasteiger partial charge in [0.2, 0.25) is 0 Å². The van der Waals surface area contributed by atoms with Crippen LogP contribution in [0.25, 0.3) is 0 Å². The van der Waals surface area contributed by atoms with Crippen molar-refractivity contribution in [2.45, 2.75) is 58.6 Å². The number of hydrogen-bond donors (Lipinski definition) is 1. The van der Waals surface area contributed by atoms with Crippen molar-refractivity contribution in [3.05, 3.63) is 29.3 Å². The summed E-state index contributed by atoms with van der Waals surface area (Å²) in [4.78, 5) is 0. The molecular formula is C16H25NO. The molecule has 18 heavy (non-hydrogen) atoms. The molecule has 2 nitrogen and oxygen atoms in total. The highest BCUT2D eigenvalue weighted by atomic mass is 16.5. The highest BCUT2D eigenvalue weighted by molar-refractivity contribution is 5.43. The van der Waals surface area contributed by atoms with E-state index in [1.807, 2.05) is 0 Å². The molecule has 100 valence electrons. The summed E-state index contributed by atoms with van der Waals surface area (Å²) in [5, 5.41) is 3.58. The van der Waals surface area contributed by atoms with Gasteiger partial charge in [-0.3, -0.25) is 0 Å². The first kappa shape index (κ1) is 13.4. The Balaban J connectivity index is 2.23. The Morgan fingerprint density at radius 1 is 1.17 bits per heavy atom. The summed E-state index contributed by atoms with van der Waals surface area (Å²) in [5.41, 5.74) is 2.79. The van der Waals surface area contributed by atoms with Gasteiger partial charge in [-0.25, -0.2) is 0 Å². The molecule has 2 rings (SSSR count). The molecule has 0 saturated heterocycles. The molecule has 0 spiro atoms. The lowest BCUT2D eigenvalue weighted by atomic mass is 9.97. The van der Waals surface area contributed by atoms with E-state index in [4.69, 9.17) is 4.74 Å². The van der Waals surface area contributed by atoms with Gasteiger partial charge >= 0.3 is 0 Å². The predicted octanol–water partition coefficient (Wildman–Crippen LogP) is 3.85. The van der Waals surface area contributed by atoms with E-state index >= 15 is 0 Å². The van der Waals surface area contributed by atoms with Gasteiger partial charge in [-0.1, -0.05) is 45.7 Å². The van der Waals surface area contributed by atoms with Gasteiger partial charge in [0.25, 0.3) is 0 Å². The Morgan fingerprint density at radius 3 is 2.67 bits per heavy atom. The number of benzene rings is 1. The van der Waals surface area contributed by atoms with Gasteiger partial charge in [-0.15, -0.1) is 0 Å². The summed E-state index contributed by atoms with van der Waals surface area (Å²) < 4.78 is 6.08. The van der Waals surface area contributed by atoms with Crippen molar-refractivity contribution in [2.75, 3.05) is 6.54 Å². The molecule has 0 saturated carbocycles. The Kier molecular flexibility index (Phi) is 4.65. The van der Waals surface area contributed by atoms with Crippen LogP contribution in [0.2, 0.25) is 0 Å². The molecule has 1 heterocycles. The molecule has 0 aromatic heterocycles. The molecule has 1 N–H and O–H groups in total. The van der Waals surface area contributed by atoms with Crippen LogP contribution in [0, 0.1) is 0 Å². The predicted molar refractivity (Wildman–Crippen MR) is 76.2 cm³/mol. The lowest BCUT2D eigenvalue weighted by Gasteiger charge is -2.19. The monoisotopic (exact) mass is 247 g/mol. The molecule has 0 fully saturated rings. The average Bonchev–Trinajstić information content (AvgIpc) is 2.69. The van der Waals surface area contributed by atoms with E-state index in [-0.39, 0.29) is 0 Å². The third kappa shape index (κ3) is 2.69. The SMILES string of the molecule is CCCc1ccc2c(c1)C(NCC)C(CCC)O2. The minimum atomic E-state index is 0.307. The molecule has 0 radical (unpaired) electrons. The minimum absolute atomic E-state index is 0.307. The number of hydrogen-bond acceptors (Lipinski definition) is 2. The van der Waals surface area contributed by atoms with Gasteiger partial charge in [0, 0.05) is 5.56 Å². The third-order valence-electron chi connectivity index (χ3n) is 3.60. The van der Waals surface area contributed by atoms with Gasteiger partial charge in [-0.2, -0.15) is 0 Å². The standard InChI is InChI=1S/C16H25NO/c1-4-7-12-9-10-14-13(11-12)16(17-6-3)15(18-14)8-5-2/h9-11,15-17H,4-8H2,1-3H3. The first-order valence-electron chi connectivity index (χ1n) is 7.33.